The van der Waals surface area contributed by atoms with Crippen LogP contribution in [0.1, 0.15) is 19.3 Å². The monoisotopic (exact) mass is 242 g/mol. The first-order valence-corrected chi connectivity index (χ1v) is 5.75. The van der Waals surface area contributed by atoms with E-state index in [1.165, 1.54) is 6.07 Å². The van der Waals surface area contributed by atoms with Crippen molar-refractivity contribution in [3.63, 3.8) is 0 Å². The van der Waals surface area contributed by atoms with Gasteiger partial charge in [-0.05, 0) is 25.3 Å². The van der Waals surface area contributed by atoms with Gasteiger partial charge in [-0.3, -0.25) is 0 Å². The van der Waals surface area contributed by atoms with Gasteiger partial charge < -0.3 is 15.7 Å². The van der Waals surface area contributed by atoms with Gasteiger partial charge in [0, 0.05) is 18.7 Å². The van der Waals surface area contributed by atoms with Crippen LogP contribution < -0.4 is 10.6 Å². The summed E-state index contributed by atoms with van der Waals surface area (Å²) < 4.78 is 26.6. The highest BCUT2D eigenvalue weighted by atomic mass is 19.1. The second-order valence-electron chi connectivity index (χ2n) is 4.32. The molecule has 94 valence electrons. The topological polar surface area (TPSA) is 49.5 Å². The Labute approximate surface area is 98.8 Å². The molecule has 0 spiro atoms. The third-order valence-electron chi connectivity index (χ3n) is 3.24. The molecule has 1 aromatic rings. The lowest BCUT2D eigenvalue weighted by atomic mass is 9.91. The molecule has 3 nitrogen and oxygen atoms in total. The highest BCUT2D eigenvalue weighted by Gasteiger charge is 2.27. The minimum atomic E-state index is -0.748. The maximum Gasteiger partial charge on any atom is 0.151 e. The summed E-state index contributed by atoms with van der Waals surface area (Å²) in [6.07, 6.45) is 3.04. The largest absolute Gasteiger partial charge is 0.395 e. The van der Waals surface area contributed by atoms with Gasteiger partial charge in [0.25, 0.3) is 0 Å². The van der Waals surface area contributed by atoms with Crippen LogP contribution in [0.5, 0.6) is 0 Å². The van der Waals surface area contributed by atoms with Gasteiger partial charge in [0.2, 0.25) is 0 Å². The molecule has 1 fully saturated rings. The van der Waals surface area contributed by atoms with Crippen molar-refractivity contribution in [2.75, 3.05) is 23.8 Å². The Bertz CT molecular complexity index is 408. The van der Waals surface area contributed by atoms with Crippen molar-refractivity contribution in [3.05, 3.63) is 23.8 Å². The standard InChI is InChI=1S/C12H16F2N2O/c13-8-6-10(14)12(15)11(7-8)16(4-5-17)9-2-1-3-9/h6-7,9,17H,1-5,15H2. The van der Waals surface area contributed by atoms with Crippen LogP contribution in [0.2, 0.25) is 0 Å². The molecule has 0 bridgehead atoms. The number of anilines is 2. The van der Waals surface area contributed by atoms with Gasteiger partial charge in [-0.25, -0.2) is 8.78 Å². The Kier molecular flexibility index (Phi) is 3.47. The molecule has 5 heteroatoms. The van der Waals surface area contributed by atoms with Crippen LogP contribution in [-0.2, 0) is 0 Å². The van der Waals surface area contributed by atoms with E-state index >= 15 is 0 Å². The first-order chi connectivity index (χ1) is 8.13. The summed E-state index contributed by atoms with van der Waals surface area (Å²) in [5, 5.41) is 9.03. The van der Waals surface area contributed by atoms with Crippen LogP contribution in [0.4, 0.5) is 20.2 Å². The van der Waals surface area contributed by atoms with Gasteiger partial charge >= 0.3 is 0 Å². The molecule has 0 heterocycles. The minimum Gasteiger partial charge on any atom is -0.395 e. The number of nitrogens with two attached hydrogens (primary N) is 1. The quantitative estimate of drug-likeness (QED) is 0.793. The molecule has 2 rings (SSSR count). The maximum absolute atomic E-state index is 13.4. The van der Waals surface area contributed by atoms with E-state index in [1.54, 1.807) is 4.90 Å². The zero-order valence-corrected chi connectivity index (χ0v) is 9.50. The lowest BCUT2D eigenvalue weighted by molar-refractivity contribution is 0.283. The van der Waals surface area contributed by atoms with Crippen LogP contribution in [0.3, 0.4) is 0 Å². The molecule has 0 atom stereocenters. The fourth-order valence-electron chi connectivity index (χ4n) is 2.11. The molecule has 0 aromatic heterocycles. The first-order valence-electron chi connectivity index (χ1n) is 5.75. The third-order valence-corrected chi connectivity index (χ3v) is 3.24. The molecule has 1 aliphatic carbocycles. The number of hydrogen-bond donors (Lipinski definition) is 2. The van der Waals surface area contributed by atoms with Crippen LogP contribution in [-0.4, -0.2) is 24.3 Å². The second kappa shape index (κ2) is 4.87. The molecule has 3 N–H and O–H groups in total. The average Bonchev–Trinajstić information content (AvgIpc) is 2.20. The Balaban J connectivity index is 2.34. The van der Waals surface area contributed by atoms with Crippen LogP contribution >= 0.6 is 0 Å². The molecular formula is C12H16F2N2O. The molecule has 1 aromatic carbocycles. The zero-order valence-electron chi connectivity index (χ0n) is 9.50. The molecule has 0 aliphatic heterocycles. The maximum atomic E-state index is 13.4. The van der Waals surface area contributed by atoms with Gasteiger partial charge in [0.05, 0.1) is 18.0 Å². The van der Waals surface area contributed by atoms with Crippen molar-refractivity contribution in [2.24, 2.45) is 0 Å². The van der Waals surface area contributed by atoms with Gasteiger partial charge in [-0.2, -0.15) is 0 Å². The summed E-state index contributed by atoms with van der Waals surface area (Å²) in [7, 11) is 0. The van der Waals surface area contributed by atoms with E-state index in [9.17, 15) is 8.78 Å². The summed E-state index contributed by atoms with van der Waals surface area (Å²) in [4.78, 5) is 1.80. The molecule has 1 saturated carbocycles. The smallest absolute Gasteiger partial charge is 0.151 e. The van der Waals surface area contributed by atoms with Gasteiger partial charge in [-0.15, -0.1) is 0 Å². The summed E-state index contributed by atoms with van der Waals surface area (Å²) in [6.45, 7) is 0.284. The Morgan fingerprint density at radius 1 is 1.35 bits per heavy atom. The van der Waals surface area contributed by atoms with Gasteiger partial charge in [0.15, 0.2) is 5.82 Å². The summed E-state index contributed by atoms with van der Waals surface area (Å²) in [6, 6.07) is 2.23. The predicted molar refractivity (Wildman–Crippen MR) is 62.8 cm³/mol. The van der Waals surface area contributed by atoms with E-state index < -0.39 is 11.6 Å². The average molecular weight is 242 g/mol. The number of halogens is 2. The second-order valence-corrected chi connectivity index (χ2v) is 4.32. The number of nitrogen functional groups attached to an aromatic ring is 1. The molecule has 0 unspecified atom stereocenters. The van der Waals surface area contributed by atoms with E-state index in [2.05, 4.69) is 0 Å². The fourth-order valence-corrected chi connectivity index (χ4v) is 2.11. The van der Waals surface area contributed by atoms with Gasteiger partial charge in [-0.1, -0.05) is 0 Å². The highest BCUT2D eigenvalue weighted by molar-refractivity contribution is 5.69. The number of aliphatic hydroxyl groups is 1. The summed E-state index contributed by atoms with van der Waals surface area (Å²) in [5.41, 5.74) is 5.93. The Morgan fingerprint density at radius 3 is 2.59 bits per heavy atom. The molecule has 0 saturated heterocycles. The summed E-state index contributed by atoms with van der Waals surface area (Å²) in [5.74, 6) is -1.39. The van der Waals surface area contributed by atoms with Crippen molar-refractivity contribution in [3.8, 4) is 0 Å². The molecular weight excluding hydrogens is 226 g/mol. The number of nitrogens with zero attached hydrogens (tertiary/aromatic N) is 1. The lowest BCUT2D eigenvalue weighted by Gasteiger charge is -2.39. The fraction of sp³-hybridized carbons (Fsp3) is 0.500. The Morgan fingerprint density at radius 2 is 2.06 bits per heavy atom. The number of aliphatic hydroxyl groups excluding tert-OH is 1. The highest BCUT2D eigenvalue weighted by Crippen LogP contribution is 2.34. The molecule has 1 aliphatic rings. The van der Waals surface area contributed by atoms with Crippen LogP contribution in [0.15, 0.2) is 12.1 Å². The van der Waals surface area contributed by atoms with E-state index in [0.29, 0.717) is 12.2 Å². The van der Waals surface area contributed by atoms with Crippen LogP contribution in [0.25, 0.3) is 0 Å². The zero-order chi connectivity index (χ0) is 12.4. The normalized spacial score (nSPS) is 15.7. The lowest BCUT2D eigenvalue weighted by Crippen LogP contribution is -2.42. The SMILES string of the molecule is Nc1c(F)cc(F)cc1N(CCO)C1CCC1. The number of rotatable bonds is 4. The predicted octanol–water partition coefficient (Wildman–Crippen LogP) is 1.90. The first kappa shape index (κ1) is 12.1. The van der Waals surface area contributed by atoms with Crippen molar-refractivity contribution >= 4 is 11.4 Å². The Hall–Kier alpha value is -1.36. The van der Waals surface area contributed by atoms with E-state index in [4.69, 9.17) is 10.8 Å². The van der Waals surface area contributed by atoms with Crippen molar-refractivity contribution in [1.29, 1.82) is 0 Å². The van der Waals surface area contributed by atoms with Crippen LogP contribution in [0, 0.1) is 11.6 Å². The van der Waals surface area contributed by atoms with E-state index in [1.807, 2.05) is 0 Å². The van der Waals surface area contributed by atoms with E-state index in [0.717, 1.165) is 25.3 Å². The number of benzene rings is 1. The van der Waals surface area contributed by atoms with Crippen molar-refractivity contribution in [2.45, 2.75) is 25.3 Å². The van der Waals surface area contributed by atoms with Crippen molar-refractivity contribution < 1.29 is 13.9 Å². The van der Waals surface area contributed by atoms with E-state index in [-0.39, 0.29) is 18.3 Å². The van der Waals surface area contributed by atoms with Crippen molar-refractivity contribution in [1.82, 2.24) is 0 Å². The van der Waals surface area contributed by atoms with Gasteiger partial charge in [0.1, 0.15) is 5.82 Å². The third kappa shape index (κ3) is 2.34. The number of hydrogen-bond acceptors (Lipinski definition) is 3. The summed E-state index contributed by atoms with van der Waals surface area (Å²) >= 11 is 0. The molecule has 0 amide bonds. The minimum absolute atomic E-state index is 0.0493. The molecule has 0 radical (unpaired) electrons. The molecule has 17 heavy (non-hydrogen) atoms.